The number of ether oxygens (including phenoxy) is 1. The van der Waals surface area contributed by atoms with Gasteiger partial charge in [0.05, 0.1) is 21.8 Å². The maximum atomic E-state index is 12.1. The van der Waals surface area contributed by atoms with Crippen LogP contribution in [0.1, 0.15) is 30.3 Å². The van der Waals surface area contributed by atoms with E-state index in [0.717, 1.165) is 28.9 Å². The highest BCUT2D eigenvalue weighted by Gasteiger charge is 2.08. The summed E-state index contributed by atoms with van der Waals surface area (Å²) in [5, 5.41) is 4.02. The standard InChI is InChI=1S/C19H21N3O2S/c1-2-24-19-14(7-6-12-20-19)13-21-17(23)10-5-11-18-22-15-8-3-4-9-16(15)25-18/h3-4,6-9,12H,2,5,10-11,13H2,1H3,(H,21,23). The largest absolute Gasteiger partial charge is 0.478 e. The Morgan fingerprint density at radius 1 is 1.24 bits per heavy atom. The van der Waals surface area contributed by atoms with E-state index in [4.69, 9.17) is 4.74 Å². The van der Waals surface area contributed by atoms with Crippen LogP contribution < -0.4 is 10.1 Å². The molecule has 6 heteroatoms. The van der Waals surface area contributed by atoms with Crippen molar-refractivity contribution in [2.75, 3.05) is 6.61 Å². The first-order valence-electron chi connectivity index (χ1n) is 8.44. The van der Waals surface area contributed by atoms with Gasteiger partial charge in [-0.3, -0.25) is 4.79 Å². The minimum absolute atomic E-state index is 0.0346. The number of aromatic nitrogens is 2. The van der Waals surface area contributed by atoms with Gasteiger partial charge in [-0.25, -0.2) is 9.97 Å². The van der Waals surface area contributed by atoms with Crippen LogP contribution in [0.2, 0.25) is 0 Å². The van der Waals surface area contributed by atoms with Gasteiger partial charge in [-0.1, -0.05) is 18.2 Å². The first-order chi connectivity index (χ1) is 12.3. The SMILES string of the molecule is CCOc1ncccc1CNC(=O)CCCc1nc2ccccc2s1. The number of carbonyl (C=O) groups excluding carboxylic acids is 1. The summed E-state index contributed by atoms with van der Waals surface area (Å²) in [6, 6.07) is 11.9. The molecule has 2 heterocycles. The molecule has 0 aliphatic carbocycles. The van der Waals surface area contributed by atoms with Gasteiger partial charge in [-0.2, -0.15) is 0 Å². The van der Waals surface area contributed by atoms with Crippen molar-refractivity contribution < 1.29 is 9.53 Å². The number of aryl methyl sites for hydroxylation is 1. The van der Waals surface area contributed by atoms with Gasteiger partial charge < -0.3 is 10.1 Å². The van der Waals surface area contributed by atoms with Crippen molar-refractivity contribution >= 4 is 27.5 Å². The van der Waals surface area contributed by atoms with Crippen LogP contribution in [0.5, 0.6) is 5.88 Å². The van der Waals surface area contributed by atoms with Gasteiger partial charge in [0, 0.05) is 24.7 Å². The molecule has 0 aliphatic rings. The maximum Gasteiger partial charge on any atom is 0.220 e. The lowest BCUT2D eigenvalue weighted by Gasteiger charge is -2.09. The second-order valence-electron chi connectivity index (χ2n) is 5.61. The summed E-state index contributed by atoms with van der Waals surface area (Å²) in [7, 11) is 0. The molecule has 0 aliphatic heterocycles. The number of para-hydroxylation sites is 1. The van der Waals surface area contributed by atoms with E-state index in [0.29, 0.717) is 25.5 Å². The highest BCUT2D eigenvalue weighted by Crippen LogP contribution is 2.22. The number of thiazole rings is 1. The molecule has 0 atom stereocenters. The highest BCUT2D eigenvalue weighted by molar-refractivity contribution is 7.18. The molecular formula is C19H21N3O2S. The van der Waals surface area contributed by atoms with E-state index in [-0.39, 0.29) is 5.91 Å². The van der Waals surface area contributed by atoms with Crippen LogP contribution in [0, 0.1) is 0 Å². The van der Waals surface area contributed by atoms with Gasteiger partial charge in [-0.05, 0) is 38.0 Å². The lowest BCUT2D eigenvalue weighted by atomic mass is 10.2. The summed E-state index contributed by atoms with van der Waals surface area (Å²) in [6.07, 6.45) is 3.79. The van der Waals surface area contributed by atoms with Crippen molar-refractivity contribution in [3.63, 3.8) is 0 Å². The van der Waals surface area contributed by atoms with Crippen LogP contribution in [0.25, 0.3) is 10.2 Å². The average Bonchev–Trinajstić information content (AvgIpc) is 3.04. The van der Waals surface area contributed by atoms with E-state index < -0.39 is 0 Å². The Balaban J connectivity index is 1.45. The molecule has 0 radical (unpaired) electrons. The number of hydrogen-bond donors (Lipinski definition) is 1. The molecule has 0 spiro atoms. The van der Waals surface area contributed by atoms with Crippen LogP contribution in [0.4, 0.5) is 0 Å². The van der Waals surface area contributed by atoms with Gasteiger partial charge in [-0.15, -0.1) is 11.3 Å². The van der Waals surface area contributed by atoms with Crippen LogP contribution in [0.3, 0.4) is 0 Å². The van der Waals surface area contributed by atoms with Crippen molar-refractivity contribution in [1.82, 2.24) is 15.3 Å². The van der Waals surface area contributed by atoms with Gasteiger partial charge in [0.1, 0.15) is 0 Å². The molecule has 0 saturated heterocycles. The Kier molecular flexibility index (Phi) is 5.95. The summed E-state index contributed by atoms with van der Waals surface area (Å²) in [5.41, 5.74) is 1.93. The van der Waals surface area contributed by atoms with E-state index in [9.17, 15) is 4.79 Å². The molecule has 0 saturated carbocycles. The first kappa shape index (κ1) is 17.4. The lowest BCUT2D eigenvalue weighted by molar-refractivity contribution is -0.121. The van der Waals surface area contributed by atoms with E-state index >= 15 is 0 Å². The van der Waals surface area contributed by atoms with Crippen LogP contribution in [0.15, 0.2) is 42.6 Å². The van der Waals surface area contributed by atoms with Crippen molar-refractivity contribution in [2.24, 2.45) is 0 Å². The third kappa shape index (κ3) is 4.76. The molecular weight excluding hydrogens is 334 g/mol. The number of nitrogens with one attached hydrogen (secondary N) is 1. The van der Waals surface area contributed by atoms with Crippen LogP contribution >= 0.6 is 11.3 Å². The number of fused-ring (bicyclic) bond motifs is 1. The number of rotatable bonds is 8. The van der Waals surface area contributed by atoms with E-state index in [1.165, 1.54) is 4.70 Å². The smallest absolute Gasteiger partial charge is 0.220 e. The molecule has 0 unspecified atom stereocenters. The Morgan fingerprint density at radius 2 is 2.12 bits per heavy atom. The highest BCUT2D eigenvalue weighted by atomic mass is 32.1. The second-order valence-corrected chi connectivity index (χ2v) is 6.72. The van der Waals surface area contributed by atoms with Crippen molar-refractivity contribution in [1.29, 1.82) is 0 Å². The molecule has 1 N–H and O–H groups in total. The quantitative estimate of drug-likeness (QED) is 0.669. The number of hydrogen-bond acceptors (Lipinski definition) is 5. The number of carbonyl (C=O) groups is 1. The third-order valence-corrected chi connectivity index (χ3v) is 4.84. The fourth-order valence-electron chi connectivity index (χ4n) is 2.53. The monoisotopic (exact) mass is 355 g/mol. The van der Waals surface area contributed by atoms with Crippen molar-refractivity contribution in [3.05, 3.63) is 53.2 Å². The summed E-state index contributed by atoms with van der Waals surface area (Å²) in [4.78, 5) is 20.8. The third-order valence-electron chi connectivity index (χ3n) is 3.74. The Hall–Kier alpha value is -2.47. The number of nitrogens with zero attached hydrogens (tertiary/aromatic N) is 2. The summed E-state index contributed by atoms with van der Waals surface area (Å²) >= 11 is 1.70. The normalized spacial score (nSPS) is 10.8. The molecule has 3 aromatic rings. The summed E-state index contributed by atoms with van der Waals surface area (Å²) in [5.74, 6) is 0.618. The van der Waals surface area contributed by atoms with Gasteiger partial charge in [0.2, 0.25) is 11.8 Å². The molecule has 0 fully saturated rings. The predicted octanol–water partition coefficient (Wildman–Crippen LogP) is 3.73. The van der Waals surface area contributed by atoms with Crippen molar-refractivity contribution in [3.8, 4) is 5.88 Å². The minimum atomic E-state index is 0.0346. The predicted molar refractivity (Wildman–Crippen MR) is 99.8 cm³/mol. The van der Waals surface area contributed by atoms with Gasteiger partial charge >= 0.3 is 0 Å². The maximum absolute atomic E-state index is 12.1. The van der Waals surface area contributed by atoms with Crippen LogP contribution in [-0.2, 0) is 17.8 Å². The number of benzene rings is 1. The van der Waals surface area contributed by atoms with E-state index in [1.54, 1.807) is 17.5 Å². The topological polar surface area (TPSA) is 64.1 Å². The van der Waals surface area contributed by atoms with Gasteiger partial charge in [0.15, 0.2) is 0 Å². The fourth-order valence-corrected chi connectivity index (χ4v) is 3.54. The lowest BCUT2D eigenvalue weighted by Crippen LogP contribution is -2.23. The van der Waals surface area contributed by atoms with E-state index in [2.05, 4.69) is 21.4 Å². The molecule has 130 valence electrons. The fraction of sp³-hybridized carbons (Fsp3) is 0.316. The summed E-state index contributed by atoms with van der Waals surface area (Å²) in [6.45, 7) is 2.91. The van der Waals surface area contributed by atoms with Gasteiger partial charge in [0.25, 0.3) is 0 Å². The molecule has 3 rings (SSSR count). The zero-order valence-electron chi connectivity index (χ0n) is 14.2. The van der Waals surface area contributed by atoms with E-state index in [1.807, 2.05) is 37.3 Å². The number of amides is 1. The first-order valence-corrected chi connectivity index (χ1v) is 9.25. The Morgan fingerprint density at radius 3 is 2.96 bits per heavy atom. The molecule has 0 bridgehead atoms. The molecule has 1 aromatic carbocycles. The van der Waals surface area contributed by atoms with Crippen LogP contribution in [-0.4, -0.2) is 22.5 Å². The zero-order valence-corrected chi connectivity index (χ0v) is 15.0. The molecule has 2 aromatic heterocycles. The van der Waals surface area contributed by atoms with Crippen molar-refractivity contribution in [2.45, 2.75) is 32.7 Å². The Bertz CT molecular complexity index is 814. The second kappa shape index (κ2) is 8.58. The minimum Gasteiger partial charge on any atom is -0.478 e. The Labute approximate surface area is 151 Å². The summed E-state index contributed by atoms with van der Waals surface area (Å²) < 4.78 is 6.66. The number of pyridine rings is 1. The average molecular weight is 355 g/mol. The molecule has 25 heavy (non-hydrogen) atoms. The zero-order chi connectivity index (χ0) is 17.5. The molecule has 5 nitrogen and oxygen atoms in total. The molecule has 1 amide bonds.